The molecule has 1 aromatic heterocycles. The van der Waals surface area contributed by atoms with E-state index in [2.05, 4.69) is 5.32 Å². The first-order valence-electron chi connectivity index (χ1n) is 18.3. The lowest BCUT2D eigenvalue weighted by molar-refractivity contribution is -0.144. The van der Waals surface area contributed by atoms with E-state index in [9.17, 15) is 23.9 Å². The number of ether oxygens (including phenoxy) is 3. The number of nitrogens with zero attached hydrogens (tertiary/aromatic N) is 4. The van der Waals surface area contributed by atoms with Gasteiger partial charge in [0.1, 0.15) is 35.0 Å². The number of benzene rings is 3. The number of aryl methyl sites for hydroxylation is 1. The number of carbonyl (C=O) groups excluding carboxylic acids is 2. The number of amides is 3. The smallest absolute Gasteiger partial charge is 0.330 e. The molecular weight excluding hydrogens is 693 g/mol. The monoisotopic (exact) mass is 737 g/mol. The van der Waals surface area contributed by atoms with Gasteiger partial charge in [-0.2, -0.15) is 4.98 Å². The van der Waals surface area contributed by atoms with Crippen LogP contribution < -0.4 is 19.5 Å². The van der Waals surface area contributed by atoms with Crippen molar-refractivity contribution < 1.29 is 38.1 Å². The zero-order chi connectivity index (χ0) is 38.0. The van der Waals surface area contributed by atoms with E-state index in [-0.39, 0.29) is 37.2 Å². The number of aromatic nitrogens is 2. The quantitative estimate of drug-likeness (QED) is 0.199. The van der Waals surface area contributed by atoms with Gasteiger partial charge in [0.2, 0.25) is 11.8 Å². The molecule has 3 heterocycles. The molecule has 4 atom stereocenters. The molecule has 4 unspecified atom stereocenters. The number of carbonyl (C=O) groups is 3. The highest BCUT2D eigenvalue weighted by Gasteiger charge is 2.61. The summed E-state index contributed by atoms with van der Waals surface area (Å²) < 4.78 is 31.4. The van der Waals surface area contributed by atoms with Gasteiger partial charge >= 0.3 is 12.0 Å². The van der Waals surface area contributed by atoms with Crippen molar-refractivity contribution in [3.8, 4) is 28.8 Å². The maximum atomic E-state index is 14.6. The van der Waals surface area contributed by atoms with Gasteiger partial charge in [0, 0.05) is 36.6 Å². The number of aliphatic carboxylic acids is 1. The molecule has 13 heteroatoms. The van der Waals surface area contributed by atoms with Crippen molar-refractivity contribution in [2.75, 3.05) is 27.3 Å². The minimum atomic E-state index is -1.44. The Balaban J connectivity index is 1.24. The standard InChI is InChI=1S/C41H44FN5O7/c1-25-34(53-3)19-18-32-35(25)43-36(27-12-14-29(42)15-13-27)44-38(32)54-31-21-33-37(48)45-41(39(49)50)22-28(41)9-7-5-4-6-8-20-46(40(51)47(33)24-31)23-26-10-16-30(52-2)17-11-26/h7,9-19,28,31,33H,4-6,8,20-24H2,1-3H3,(H,45,48)(H,49,50). The zero-order valence-electron chi connectivity index (χ0n) is 30.6. The second-order valence-corrected chi connectivity index (χ2v) is 14.2. The number of urea groups is 1. The van der Waals surface area contributed by atoms with Crippen LogP contribution in [-0.2, 0) is 16.1 Å². The second-order valence-electron chi connectivity index (χ2n) is 14.2. The lowest BCUT2D eigenvalue weighted by Crippen LogP contribution is -2.55. The van der Waals surface area contributed by atoms with Crippen molar-refractivity contribution in [3.05, 3.63) is 89.8 Å². The fourth-order valence-electron chi connectivity index (χ4n) is 7.47. The average molecular weight is 738 g/mol. The van der Waals surface area contributed by atoms with E-state index in [1.807, 2.05) is 43.3 Å². The molecule has 1 aliphatic carbocycles. The van der Waals surface area contributed by atoms with Crippen LogP contribution in [0.15, 0.2) is 72.8 Å². The normalized spacial score (nSPS) is 23.1. The molecule has 1 saturated carbocycles. The van der Waals surface area contributed by atoms with E-state index < -0.39 is 35.4 Å². The molecule has 54 heavy (non-hydrogen) atoms. The molecule has 2 aliphatic heterocycles. The summed E-state index contributed by atoms with van der Waals surface area (Å²) in [7, 11) is 3.17. The van der Waals surface area contributed by atoms with Crippen LogP contribution in [0.1, 0.15) is 49.7 Å². The Bertz CT molecular complexity index is 2080. The highest BCUT2D eigenvalue weighted by molar-refractivity contribution is 5.95. The molecule has 3 amide bonds. The molecule has 12 nitrogen and oxygen atoms in total. The number of hydrogen-bond donors (Lipinski definition) is 2. The summed E-state index contributed by atoms with van der Waals surface area (Å²) >= 11 is 0. The predicted octanol–water partition coefficient (Wildman–Crippen LogP) is 6.30. The van der Waals surface area contributed by atoms with E-state index in [0.717, 1.165) is 36.8 Å². The van der Waals surface area contributed by atoms with Crippen molar-refractivity contribution in [2.24, 2.45) is 5.92 Å². The first-order valence-corrected chi connectivity index (χ1v) is 18.3. The van der Waals surface area contributed by atoms with Crippen LogP contribution in [0.5, 0.6) is 17.4 Å². The van der Waals surface area contributed by atoms with Gasteiger partial charge in [-0.3, -0.25) is 4.79 Å². The molecule has 3 aromatic carbocycles. The van der Waals surface area contributed by atoms with Crippen molar-refractivity contribution in [1.82, 2.24) is 25.1 Å². The number of nitrogens with one attached hydrogen (secondary N) is 1. The SMILES string of the molecule is COc1ccc(CN2CCCCCC=CC3CC3(C(=O)O)NC(=O)C3CC(Oc4nc(-c5ccc(F)cc5)nc5c(C)c(OC)ccc45)CN3C2=O)cc1. The zero-order valence-corrected chi connectivity index (χ0v) is 30.6. The minimum absolute atomic E-state index is 0.0476. The van der Waals surface area contributed by atoms with Crippen LogP contribution >= 0.6 is 0 Å². The number of carboxylic acid groups (broad SMARTS) is 1. The molecule has 4 aromatic rings. The van der Waals surface area contributed by atoms with Gasteiger partial charge in [0.05, 0.1) is 31.7 Å². The number of allylic oxidation sites excluding steroid dienone is 1. The summed E-state index contributed by atoms with van der Waals surface area (Å²) in [6.45, 7) is 2.69. The number of hydrogen-bond acceptors (Lipinski definition) is 8. The first-order chi connectivity index (χ1) is 26.1. The van der Waals surface area contributed by atoms with Gasteiger partial charge in [-0.05, 0) is 86.7 Å². The lowest BCUT2D eigenvalue weighted by atomic mass is 10.1. The Morgan fingerprint density at radius 1 is 1.00 bits per heavy atom. The van der Waals surface area contributed by atoms with Crippen molar-refractivity contribution in [1.29, 1.82) is 0 Å². The van der Waals surface area contributed by atoms with Crippen molar-refractivity contribution in [3.63, 3.8) is 0 Å². The van der Waals surface area contributed by atoms with Crippen LogP contribution in [0.4, 0.5) is 9.18 Å². The van der Waals surface area contributed by atoms with Crippen LogP contribution in [0, 0.1) is 18.7 Å². The number of methoxy groups -OCH3 is 2. The Morgan fingerprint density at radius 2 is 1.78 bits per heavy atom. The maximum absolute atomic E-state index is 14.6. The Kier molecular flexibility index (Phi) is 10.4. The Hall–Kier alpha value is -5.72. The minimum Gasteiger partial charge on any atom is -0.497 e. The third-order valence-electron chi connectivity index (χ3n) is 10.7. The van der Waals surface area contributed by atoms with Gasteiger partial charge in [-0.15, -0.1) is 0 Å². The highest BCUT2D eigenvalue weighted by Crippen LogP contribution is 2.45. The lowest BCUT2D eigenvalue weighted by Gasteiger charge is -2.32. The molecule has 0 radical (unpaired) electrons. The Morgan fingerprint density at radius 3 is 2.50 bits per heavy atom. The molecule has 2 fully saturated rings. The van der Waals surface area contributed by atoms with Crippen molar-refractivity contribution in [2.45, 2.75) is 69.7 Å². The fourth-order valence-corrected chi connectivity index (χ4v) is 7.47. The summed E-state index contributed by atoms with van der Waals surface area (Å²) in [4.78, 5) is 54.2. The number of rotatable bonds is 8. The Labute approximate surface area is 312 Å². The number of carboxylic acids is 1. The first kappa shape index (κ1) is 36.6. The average Bonchev–Trinajstić information content (AvgIpc) is 3.71. The highest BCUT2D eigenvalue weighted by atomic mass is 19.1. The summed E-state index contributed by atoms with van der Waals surface area (Å²) in [5, 5.41) is 13.7. The van der Waals surface area contributed by atoms with Gasteiger partial charge in [-0.1, -0.05) is 30.7 Å². The maximum Gasteiger partial charge on any atom is 0.330 e. The number of fused-ring (bicyclic) bond motifs is 3. The molecule has 1 saturated heterocycles. The summed E-state index contributed by atoms with van der Waals surface area (Å²) in [6, 6.07) is 15.6. The third-order valence-corrected chi connectivity index (χ3v) is 10.7. The van der Waals surface area contributed by atoms with E-state index >= 15 is 0 Å². The van der Waals surface area contributed by atoms with Gasteiger partial charge < -0.3 is 34.4 Å². The summed E-state index contributed by atoms with van der Waals surface area (Å²) in [5.41, 5.74) is 1.35. The number of halogens is 1. The topological polar surface area (TPSA) is 143 Å². The van der Waals surface area contributed by atoms with Crippen molar-refractivity contribution >= 4 is 28.8 Å². The van der Waals surface area contributed by atoms with Crippen LogP contribution in [0.2, 0.25) is 0 Å². The molecular formula is C41H44FN5O7. The molecule has 0 spiro atoms. The van der Waals surface area contributed by atoms with Gasteiger partial charge in [-0.25, -0.2) is 19.0 Å². The predicted molar refractivity (Wildman–Crippen MR) is 199 cm³/mol. The van der Waals surface area contributed by atoms with E-state index in [1.165, 1.54) is 17.0 Å². The summed E-state index contributed by atoms with van der Waals surface area (Å²) in [6.07, 6.45) is 6.87. The van der Waals surface area contributed by atoms with E-state index in [4.69, 9.17) is 24.2 Å². The van der Waals surface area contributed by atoms with Crippen LogP contribution in [-0.4, -0.2) is 87.8 Å². The van der Waals surface area contributed by atoms with Crippen LogP contribution in [0.3, 0.4) is 0 Å². The third kappa shape index (κ3) is 7.39. The summed E-state index contributed by atoms with van der Waals surface area (Å²) in [5.74, 6) is -0.545. The second kappa shape index (κ2) is 15.3. The molecule has 3 aliphatic rings. The molecule has 282 valence electrons. The van der Waals surface area contributed by atoms with Gasteiger partial charge in [0.25, 0.3) is 0 Å². The van der Waals surface area contributed by atoms with Crippen LogP contribution in [0.25, 0.3) is 22.3 Å². The molecule has 0 bridgehead atoms. The fraction of sp³-hybridized carbons (Fsp3) is 0.390. The largest absolute Gasteiger partial charge is 0.497 e. The van der Waals surface area contributed by atoms with E-state index in [1.54, 1.807) is 43.4 Å². The van der Waals surface area contributed by atoms with E-state index in [0.29, 0.717) is 46.9 Å². The molecule has 2 N–H and O–H groups in total. The van der Waals surface area contributed by atoms with Gasteiger partial charge in [0.15, 0.2) is 5.82 Å². The molecule has 7 rings (SSSR count).